The summed E-state index contributed by atoms with van der Waals surface area (Å²) in [5.74, 6) is -1.59. The van der Waals surface area contributed by atoms with Crippen LogP contribution in [-0.4, -0.2) is 34.8 Å². The van der Waals surface area contributed by atoms with Crippen molar-refractivity contribution in [1.82, 2.24) is 9.55 Å². The lowest BCUT2D eigenvalue weighted by molar-refractivity contribution is 0.0721. The van der Waals surface area contributed by atoms with E-state index in [1.54, 1.807) is 6.92 Å². The molecule has 3 aromatic rings. The summed E-state index contributed by atoms with van der Waals surface area (Å²) in [4.78, 5) is 4.95. The molecule has 37 heavy (non-hydrogen) atoms. The van der Waals surface area contributed by atoms with E-state index in [9.17, 15) is 26.3 Å². The maximum absolute atomic E-state index is 14.7. The van der Waals surface area contributed by atoms with Gasteiger partial charge in [0.05, 0.1) is 17.7 Å². The molecule has 0 radical (unpaired) electrons. The van der Waals surface area contributed by atoms with E-state index in [0.717, 1.165) is 21.6 Å². The average molecular weight is 528 g/mol. The van der Waals surface area contributed by atoms with Gasteiger partial charge in [0.1, 0.15) is 23.3 Å². The van der Waals surface area contributed by atoms with Crippen LogP contribution < -0.4 is 10.5 Å². The Morgan fingerprint density at radius 2 is 1.73 bits per heavy atom. The number of rotatable bonds is 5. The fourth-order valence-corrected chi connectivity index (χ4v) is 3.44. The van der Waals surface area contributed by atoms with Gasteiger partial charge in [0.2, 0.25) is 12.0 Å². The van der Waals surface area contributed by atoms with Crippen molar-refractivity contribution in [2.75, 3.05) is 11.4 Å². The van der Waals surface area contributed by atoms with Crippen LogP contribution in [0, 0.1) is 34.8 Å². The molecule has 2 aromatic carbocycles. The van der Waals surface area contributed by atoms with Crippen molar-refractivity contribution in [3.05, 3.63) is 59.2 Å². The van der Waals surface area contributed by atoms with Crippen molar-refractivity contribution >= 4 is 28.2 Å². The second-order valence-corrected chi connectivity index (χ2v) is 8.71. The van der Waals surface area contributed by atoms with Gasteiger partial charge < -0.3 is 4.90 Å². The van der Waals surface area contributed by atoms with Crippen LogP contribution in [0.3, 0.4) is 0 Å². The van der Waals surface area contributed by atoms with Gasteiger partial charge >= 0.3 is 0 Å². The number of hydrogen-bond donors (Lipinski definition) is 2. The highest BCUT2D eigenvalue weighted by molar-refractivity contribution is 5.97. The molecule has 1 aliphatic rings. The monoisotopic (exact) mass is 527 g/mol. The Morgan fingerprint density at radius 3 is 2.22 bits per heavy atom. The van der Waals surface area contributed by atoms with Crippen molar-refractivity contribution in [3.8, 4) is 0 Å². The predicted molar refractivity (Wildman–Crippen MR) is 133 cm³/mol. The summed E-state index contributed by atoms with van der Waals surface area (Å²) in [6.07, 6.45) is -3.50. The molecule has 0 unspecified atom stereocenters. The molecule has 202 valence electrons. The Kier molecular flexibility index (Phi) is 9.88. The van der Waals surface area contributed by atoms with Crippen molar-refractivity contribution < 1.29 is 26.3 Å². The van der Waals surface area contributed by atoms with Crippen LogP contribution in [0.15, 0.2) is 36.4 Å². The maximum atomic E-state index is 14.7. The Balaban J connectivity index is 0.000000455. The van der Waals surface area contributed by atoms with Crippen LogP contribution in [0.2, 0.25) is 0 Å². The molecule has 0 amide bonds. The highest BCUT2D eigenvalue weighted by Crippen LogP contribution is 2.49. The van der Waals surface area contributed by atoms with E-state index in [4.69, 9.17) is 10.8 Å². The number of anilines is 2. The zero-order valence-electron chi connectivity index (χ0n) is 21.3. The molecule has 11 heteroatoms. The first kappa shape index (κ1) is 29.9. The molecule has 0 aliphatic heterocycles. The summed E-state index contributed by atoms with van der Waals surface area (Å²) in [7, 11) is 0. The molecule has 1 aliphatic carbocycles. The summed E-state index contributed by atoms with van der Waals surface area (Å²) in [6, 6.07) is 7.88. The molecule has 1 aromatic heterocycles. The predicted octanol–water partition coefficient (Wildman–Crippen LogP) is 7.43. The molecule has 0 spiro atoms. The van der Waals surface area contributed by atoms with Crippen LogP contribution in [0.1, 0.15) is 46.1 Å². The number of halogens is 6. The lowest BCUT2D eigenvalue weighted by Crippen LogP contribution is -2.33. The zero-order chi connectivity index (χ0) is 28.1. The minimum absolute atomic E-state index is 0.0530. The topological polar surface area (TPSA) is 68.8 Å². The Bertz CT molecular complexity index is 1300. The van der Waals surface area contributed by atoms with Crippen LogP contribution >= 0.6 is 0 Å². The van der Waals surface area contributed by atoms with Crippen molar-refractivity contribution in [2.24, 2.45) is 5.41 Å². The molecule has 1 heterocycles. The van der Waals surface area contributed by atoms with Gasteiger partial charge in [0, 0.05) is 10.8 Å². The number of benzene rings is 2. The minimum Gasteiger partial charge on any atom is -0.317 e. The molecule has 4 rings (SSSR count). The first-order valence-electron chi connectivity index (χ1n) is 11.8. The van der Waals surface area contributed by atoms with Gasteiger partial charge in [0.15, 0.2) is 0 Å². The van der Waals surface area contributed by atoms with Gasteiger partial charge in [0.25, 0.3) is 6.43 Å². The zero-order valence-corrected chi connectivity index (χ0v) is 21.3. The molecule has 0 saturated heterocycles. The van der Waals surface area contributed by atoms with Crippen LogP contribution in [0.5, 0.6) is 0 Å². The standard InChI is InChI=1S/C19H17F4N5.C5H8F2.C2H6/c1-10-4-3-5-15(17(10)23)27(9-16(21)22)18-13-8-12(20)6-7-14(13)28(11(2)24)19(25)26-18;1-5(2-3-5)4(6)7;1-2/h3-8,16,24-25H,9H2,1-2H3;4H,2-3H2,1H3;1-2H3. The van der Waals surface area contributed by atoms with Gasteiger partial charge in [-0.3, -0.25) is 15.4 Å². The second-order valence-electron chi connectivity index (χ2n) is 8.71. The number of aryl methyl sites for hydroxylation is 1. The fraction of sp³-hybridized carbons (Fsp3) is 0.423. The van der Waals surface area contributed by atoms with E-state index in [-0.39, 0.29) is 33.8 Å². The van der Waals surface area contributed by atoms with Gasteiger partial charge in [-0.05, 0) is 56.5 Å². The van der Waals surface area contributed by atoms with Crippen molar-refractivity contribution in [1.29, 1.82) is 10.8 Å². The fourth-order valence-electron chi connectivity index (χ4n) is 3.44. The number of nitrogens with one attached hydrogen (secondary N) is 2. The summed E-state index contributed by atoms with van der Waals surface area (Å²) in [5.41, 5.74) is -0.660. The molecule has 1 fully saturated rings. The van der Waals surface area contributed by atoms with E-state index in [1.807, 2.05) is 13.8 Å². The molecular weight excluding hydrogens is 496 g/mol. The Labute approximate surface area is 211 Å². The molecule has 0 atom stereocenters. The third kappa shape index (κ3) is 6.90. The average Bonchev–Trinajstić information content (AvgIpc) is 3.59. The lowest BCUT2D eigenvalue weighted by atomic mass is 10.1. The van der Waals surface area contributed by atoms with E-state index >= 15 is 0 Å². The Hall–Kier alpha value is -3.37. The van der Waals surface area contributed by atoms with E-state index < -0.39 is 42.1 Å². The number of hydrogen-bond acceptors (Lipinski definition) is 4. The summed E-state index contributed by atoms with van der Waals surface area (Å²) >= 11 is 0. The largest absolute Gasteiger partial charge is 0.317 e. The number of fused-ring (bicyclic) bond motifs is 1. The van der Waals surface area contributed by atoms with Gasteiger partial charge in [-0.25, -0.2) is 26.3 Å². The van der Waals surface area contributed by atoms with Crippen LogP contribution in [0.25, 0.3) is 10.9 Å². The maximum Gasteiger partial charge on any atom is 0.256 e. The van der Waals surface area contributed by atoms with Crippen LogP contribution in [-0.2, 0) is 0 Å². The van der Waals surface area contributed by atoms with Gasteiger partial charge in [-0.2, -0.15) is 4.98 Å². The summed E-state index contributed by atoms with van der Waals surface area (Å²) in [5, 5.41) is 16.1. The third-order valence-corrected chi connectivity index (χ3v) is 5.80. The quantitative estimate of drug-likeness (QED) is 0.206. The molecule has 1 saturated carbocycles. The third-order valence-electron chi connectivity index (χ3n) is 5.80. The minimum atomic E-state index is -2.84. The first-order chi connectivity index (χ1) is 17.4. The molecule has 0 bridgehead atoms. The smallest absolute Gasteiger partial charge is 0.256 e. The Morgan fingerprint density at radius 1 is 1.11 bits per heavy atom. The van der Waals surface area contributed by atoms with Crippen molar-refractivity contribution in [2.45, 2.75) is 60.3 Å². The molecule has 5 nitrogen and oxygen atoms in total. The van der Waals surface area contributed by atoms with Gasteiger partial charge in [-0.15, -0.1) is 0 Å². The summed E-state index contributed by atoms with van der Waals surface area (Å²) in [6.45, 7) is 7.64. The number of nitrogens with zero attached hydrogens (tertiary/aromatic N) is 3. The SMILES string of the molecule is CC.CC(=N)n1c(=N)nc(N(CC(F)F)c2cccc(C)c2F)c2cc(F)ccc21.CC1(C(F)F)CC1. The molecular formula is C26H31F6N5. The number of aromatic nitrogens is 2. The first-order valence-corrected chi connectivity index (χ1v) is 11.8. The van der Waals surface area contributed by atoms with E-state index in [1.165, 1.54) is 38.1 Å². The van der Waals surface area contributed by atoms with Gasteiger partial charge in [-0.1, -0.05) is 32.9 Å². The van der Waals surface area contributed by atoms with Crippen molar-refractivity contribution in [3.63, 3.8) is 0 Å². The second kappa shape index (κ2) is 12.2. The highest BCUT2D eigenvalue weighted by Gasteiger charge is 2.46. The lowest BCUT2D eigenvalue weighted by Gasteiger charge is -2.26. The normalized spacial score (nSPS) is 13.5. The number of alkyl halides is 4. The van der Waals surface area contributed by atoms with E-state index in [0.29, 0.717) is 12.8 Å². The summed E-state index contributed by atoms with van der Waals surface area (Å²) < 4.78 is 79.6. The van der Waals surface area contributed by atoms with Crippen LogP contribution in [0.4, 0.5) is 37.8 Å². The highest BCUT2D eigenvalue weighted by atomic mass is 19.3. The van der Waals surface area contributed by atoms with E-state index in [2.05, 4.69) is 4.98 Å². The molecule has 2 N–H and O–H groups in total.